The van der Waals surface area contributed by atoms with Crippen molar-refractivity contribution in [2.45, 2.75) is 26.8 Å². The number of rotatable bonds is 7. The minimum atomic E-state index is -0.401. The number of hydrogen-bond acceptors (Lipinski definition) is 6. The number of non-ortho nitro benzene ring substituents is 1. The second-order valence-electron chi connectivity index (χ2n) is 7.28. The molecule has 8 heteroatoms. The molecule has 1 fully saturated rings. The first-order valence-electron chi connectivity index (χ1n) is 11.0. The van der Waals surface area contributed by atoms with Crippen LogP contribution in [-0.2, 0) is 11.3 Å². The highest BCUT2D eigenvalue weighted by Crippen LogP contribution is 2.29. The van der Waals surface area contributed by atoms with Gasteiger partial charge in [-0.25, -0.2) is 4.98 Å². The normalized spacial score (nSPS) is 13.9. The Morgan fingerprint density at radius 2 is 1.78 bits per heavy atom. The monoisotopic (exact) mass is 438 g/mol. The fourth-order valence-corrected chi connectivity index (χ4v) is 3.74. The van der Waals surface area contributed by atoms with E-state index in [-0.39, 0.29) is 11.4 Å². The van der Waals surface area contributed by atoms with Crippen molar-refractivity contribution in [3.63, 3.8) is 0 Å². The molecular formula is C24H30N4O4. The molecular weight excluding hydrogens is 408 g/mol. The molecule has 0 unspecified atom stereocenters. The molecule has 4 rings (SSSR count). The number of nitro benzene ring substituents is 1. The van der Waals surface area contributed by atoms with E-state index >= 15 is 0 Å². The Bertz CT molecular complexity index is 1010. The third-order valence-electron chi connectivity index (χ3n) is 5.29. The van der Waals surface area contributed by atoms with Crippen molar-refractivity contribution in [1.29, 1.82) is 0 Å². The van der Waals surface area contributed by atoms with Crippen molar-refractivity contribution in [2.24, 2.45) is 0 Å². The number of nitrogens with zero attached hydrogens (tertiary/aromatic N) is 4. The standard InChI is InChI=1S/C22H24N4O4.C2H6/c27-20-4-1-3-18(15-20)22-23-16-21(17-5-7-19(8-6-17)26(28)29)25(22)10-2-9-24-11-13-30-14-12-24;1-2/h1,3-8,15-16,27H,2,9-14H2;1-2H3. The van der Waals surface area contributed by atoms with Crippen LogP contribution < -0.4 is 0 Å². The lowest BCUT2D eigenvalue weighted by atomic mass is 10.1. The van der Waals surface area contributed by atoms with Crippen molar-refractivity contribution < 1.29 is 14.8 Å². The van der Waals surface area contributed by atoms with Crippen molar-refractivity contribution >= 4 is 5.69 Å². The molecule has 1 aliphatic rings. The quantitative estimate of drug-likeness (QED) is 0.429. The van der Waals surface area contributed by atoms with Gasteiger partial charge < -0.3 is 14.4 Å². The van der Waals surface area contributed by atoms with Crippen LogP contribution in [0.4, 0.5) is 5.69 Å². The molecule has 0 saturated carbocycles. The van der Waals surface area contributed by atoms with E-state index in [2.05, 4.69) is 14.5 Å². The smallest absolute Gasteiger partial charge is 0.269 e. The van der Waals surface area contributed by atoms with Crippen LogP contribution in [0.2, 0.25) is 0 Å². The Balaban J connectivity index is 0.00000141. The van der Waals surface area contributed by atoms with Crippen LogP contribution in [0, 0.1) is 10.1 Å². The van der Waals surface area contributed by atoms with Crippen molar-refractivity contribution in [2.75, 3.05) is 32.8 Å². The third kappa shape index (κ3) is 5.72. The highest BCUT2D eigenvalue weighted by atomic mass is 16.6. The highest BCUT2D eigenvalue weighted by molar-refractivity contribution is 5.67. The molecule has 32 heavy (non-hydrogen) atoms. The van der Waals surface area contributed by atoms with E-state index in [0.717, 1.165) is 68.5 Å². The Morgan fingerprint density at radius 1 is 1.06 bits per heavy atom. The number of benzene rings is 2. The van der Waals surface area contributed by atoms with Gasteiger partial charge in [0.25, 0.3) is 5.69 Å². The zero-order valence-corrected chi connectivity index (χ0v) is 18.6. The van der Waals surface area contributed by atoms with E-state index in [9.17, 15) is 15.2 Å². The zero-order chi connectivity index (χ0) is 22.9. The summed E-state index contributed by atoms with van der Waals surface area (Å²) in [7, 11) is 0. The molecule has 8 nitrogen and oxygen atoms in total. The number of phenolic OH excluding ortho intramolecular Hbond substituents is 1. The van der Waals surface area contributed by atoms with Crippen LogP contribution in [-0.4, -0.2) is 57.3 Å². The van der Waals surface area contributed by atoms with Crippen LogP contribution in [0.5, 0.6) is 5.75 Å². The molecule has 1 aliphatic heterocycles. The zero-order valence-electron chi connectivity index (χ0n) is 18.6. The van der Waals surface area contributed by atoms with Gasteiger partial charge in [0.2, 0.25) is 0 Å². The Morgan fingerprint density at radius 3 is 2.44 bits per heavy atom. The van der Waals surface area contributed by atoms with Gasteiger partial charge in [-0.3, -0.25) is 15.0 Å². The molecule has 2 aromatic carbocycles. The summed E-state index contributed by atoms with van der Waals surface area (Å²) in [6, 6.07) is 13.6. The molecule has 0 amide bonds. The van der Waals surface area contributed by atoms with E-state index in [1.165, 1.54) is 12.1 Å². The van der Waals surface area contributed by atoms with Gasteiger partial charge in [-0.15, -0.1) is 0 Å². The van der Waals surface area contributed by atoms with Gasteiger partial charge >= 0.3 is 0 Å². The molecule has 0 spiro atoms. The average Bonchev–Trinajstić information content (AvgIpc) is 3.25. The topological polar surface area (TPSA) is 93.7 Å². The summed E-state index contributed by atoms with van der Waals surface area (Å²) in [5, 5.41) is 20.9. The predicted octanol–water partition coefficient (Wildman–Crippen LogP) is 4.58. The molecule has 0 radical (unpaired) electrons. The van der Waals surface area contributed by atoms with Crippen molar-refractivity contribution in [1.82, 2.24) is 14.5 Å². The van der Waals surface area contributed by atoms with Gasteiger partial charge in [-0.1, -0.05) is 26.0 Å². The Labute approximate surface area is 188 Å². The summed E-state index contributed by atoms with van der Waals surface area (Å²) in [6.07, 6.45) is 2.72. The summed E-state index contributed by atoms with van der Waals surface area (Å²) in [6.45, 7) is 9.13. The first-order valence-corrected chi connectivity index (χ1v) is 11.0. The minimum absolute atomic E-state index is 0.0605. The van der Waals surface area contributed by atoms with Gasteiger partial charge in [0.15, 0.2) is 0 Å². The van der Waals surface area contributed by atoms with E-state index < -0.39 is 4.92 Å². The van der Waals surface area contributed by atoms with Gasteiger partial charge in [0.05, 0.1) is 30.0 Å². The van der Waals surface area contributed by atoms with Crippen LogP contribution in [0.3, 0.4) is 0 Å². The van der Waals surface area contributed by atoms with Gasteiger partial charge in [0.1, 0.15) is 11.6 Å². The number of phenols is 1. The number of hydrogen-bond donors (Lipinski definition) is 1. The number of imidazole rings is 1. The fourth-order valence-electron chi connectivity index (χ4n) is 3.74. The molecule has 0 bridgehead atoms. The van der Waals surface area contributed by atoms with Crippen LogP contribution in [0.15, 0.2) is 54.7 Å². The van der Waals surface area contributed by atoms with Crippen LogP contribution in [0.25, 0.3) is 22.6 Å². The van der Waals surface area contributed by atoms with Gasteiger partial charge in [0, 0.05) is 49.4 Å². The largest absolute Gasteiger partial charge is 0.508 e. The first-order chi connectivity index (χ1) is 15.6. The molecule has 1 aromatic heterocycles. The summed E-state index contributed by atoms with van der Waals surface area (Å²) in [4.78, 5) is 17.6. The molecule has 1 saturated heterocycles. The average molecular weight is 439 g/mol. The number of ether oxygens (including phenoxy) is 1. The van der Waals surface area contributed by atoms with Gasteiger partial charge in [-0.2, -0.15) is 0 Å². The van der Waals surface area contributed by atoms with E-state index in [0.29, 0.717) is 0 Å². The first kappa shape index (κ1) is 23.4. The molecule has 0 aliphatic carbocycles. The lowest BCUT2D eigenvalue weighted by Gasteiger charge is -2.26. The molecule has 0 atom stereocenters. The molecule has 1 N–H and O–H groups in total. The second kappa shape index (κ2) is 11.4. The highest BCUT2D eigenvalue weighted by Gasteiger charge is 2.16. The maximum atomic E-state index is 11.0. The van der Waals surface area contributed by atoms with Gasteiger partial charge in [-0.05, 0) is 30.7 Å². The minimum Gasteiger partial charge on any atom is -0.508 e. The van der Waals surface area contributed by atoms with Crippen LogP contribution >= 0.6 is 0 Å². The molecule has 170 valence electrons. The number of aromatic nitrogens is 2. The van der Waals surface area contributed by atoms with E-state index in [1.807, 2.05) is 19.9 Å². The fraction of sp³-hybridized carbons (Fsp3) is 0.375. The molecule has 2 heterocycles. The summed E-state index contributed by atoms with van der Waals surface area (Å²) >= 11 is 0. The van der Waals surface area contributed by atoms with Crippen molar-refractivity contribution in [3.8, 4) is 28.4 Å². The number of morpholine rings is 1. The molecule has 3 aromatic rings. The summed E-state index contributed by atoms with van der Waals surface area (Å²) in [5.41, 5.74) is 2.65. The van der Waals surface area contributed by atoms with E-state index in [1.54, 1.807) is 36.5 Å². The number of nitro groups is 1. The summed E-state index contributed by atoms with van der Waals surface area (Å²) < 4.78 is 7.54. The predicted molar refractivity (Wildman–Crippen MR) is 125 cm³/mol. The Kier molecular flexibility index (Phi) is 8.35. The summed E-state index contributed by atoms with van der Waals surface area (Å²) in [5.74, 6) is 0.952. The maximum Gasteiger partial charge on any atom is 0.269 e. The number of aromatic hydroxyl groups is 1. The lowest BCUT2D eigenvalue weighted by molar-refractivity contribution is -0.384. The second-order valence-corrected chi connectivity index (χ2v) is 7.28. The third-order valence-corrected chi connectivity index (χ3v) is 5.29. The Hall–Kier alpha value is -3.23. The van der Waals surface area contributed by atoms with Crippen LogP contribution in [0.1, 0.15) is 20.3 Å². The van der Waals surface area contributed by atoms with E-state index in [4.69, 9.17) is 4.74 Å². The lowest BCUT2D eigenvalue weighted by Crippen LogP contribution is -2.37. The van der Waals surface area contributed by atoms with Crippen molar-refractivity contribution in [3.05, 3.63) is 64.8 Å². The SMILES string of the molecule is CC.O=[N+]([O-])c1ccc(-c2cnc(-c3cccc(O)c3)n2CCCN2CCOCC2)cc1. The maximum absolute atomic E-state index is 11.0.